The van der Waals surface area contributed by atoms with Gasteiger partial charge in [-0.1, -0.05) is 52.4 Å². The summed E-state index contributed by atoms with van der Waals surface area (Å²) in [6.45, 7) is 1.99. The zero-order valence-corrected chi connectivity index (χ0v) is 12.9. The number of benzene rings is 2. The third kappa shape index (κ3) is 3.47. The molecule has 1 aromatic heterocycles. The summed E-state index contributed by atoms with van der Waals surface area (Å²) in [5.74, 6) is 1.35. The van der Waals surface area contributed by atoms with Gasteiger partial charge in [-0.2, -0.15) is 0 Å². The van der Waals surface area contributed by atoms with E-state index in [4.69, 9.17) is 4.42 Å². The van der Waals surface area contributed by atoms with Gasteiger partial charge >= 0.3 is 0 Å². The van der Waals surface area contributed by atoms with Crippen molar-refractivity contribution in [3.05, 3.63) is 78.1 Å². The average Bonchev–Trinajstić information content (AvgIpc) is 3.03. The Balaban J connectivity index is 1.73. The Bertz CT molecular complexity index is 763. The molecule has 4 heteroatoms. The summed E-state index contributed by atoms with van der Waals surface area (Å²) in [7, 11) is 0. The normalized spacial score (nSPS) is 12.6. The molecule has 2 aromatic carbocycles. The van der Waals surface area contributed by atoms with Crippen LogP contribution in [0.1, 0.15) is 11.3 Å². The van der Waals surface area contributed by atoms with Gasteiger partial charge in [0.15, 0.2) is 4.90 Å². The Labute approximate surface area is 132 Å². The lowest BCUT2D eigenvalue weighted by Crippen LogP contribution is -1.97. The average molecular weight is 309 g/mol. The Hall–Kier alpha value is -2.30. The van der Waals surface area contributed by atoms with Gasteiger partial charge in [-0.25, -0.2) is 0 Å². The van der Waals surface area contributed by atoms with E-state index in [-0.39, 0.29) is 0 Å². The molecule has 3 rings (SSSR count). The standard InChI is InChI=1S/C18H15NO2S/c1-14-7-10-17(11-8-14)22(20)19-13-16-9-12-18(21-16)15-5-3-2-4-6-15/h2-13H,1H3/b19-13+. The van der Waals surface area contributed by atoms with Crippen molar-refractivity contribution in [2.45, 2.75) is 11.8 Å². The maximum absolute atomic E-state index is 12.1. The molecular weight excluding hydrogens is 294 g/mol. The van der Waals surface area contributed by atoms with Crippen LogP contribution in [0.3, 0.4) is 0 Å². The fourth-order valence-corrected chi connectivity index (χ4v) is 2.69. The van der Waals surface area contributed by atoms with Crippen LogP contribution in [0.4, 0.5) is 0 Å². The van der Waals surface area contributed by atoms with Gasteiger partial charge in [0, 0.05) is 5.56 Å². The van der Waals surface area contributed by atoms with E-state index in [1.807, 2.05) is 73.7 Å². The third-order valence-electron chi connectivity index (χ3n) is 3.18. The molecule has 22 heavy (non-hydrogen) atoms. The fraction of sp³-hybridized carbons (Fsp3) is 0.0556. The van der Waals surface area contributed by atoms with Gasteiger partial charge in [0.1, 0.15) is 29.1 Å². The number of nitrogens with zero attached hydrogens (tertiary/aromatic N) is 1. The van der Waals surface area contributed by atoms with Crippen molar-refractivity contribution < 1.29 is 8.97 Å². The second-order valence-corrected chi connectivity index (χ2v) is 6.05. The van der Waals surface area contributed by atoms with Crippen LogP contribution in [0.15, 0.2) is 80.4 Å². The van der Waals surface area contributed by atoms with Crippen molar-refractivity contribution in [1.29, 1.82) is 0 Å². The number of aryl methyl sites for hydroxylation is 1. The van der Waals surface area contributed by atoms with E-state index in [0.717, 1.165) is 16.9 Å². The molecule has 0 amide bonds. The lowest BCUT2D eigenvalue weighted by Gasteiger charge is -2.01. The minimum absolute atomic E-state index is 0.583. The summed E-state index contributed by atoms with van der Waals surface area (Å²) in [4.78, 5) is 0.677. The van der Waals surface area contributed by atoms with Gasteiger partial charge in [0.05, 0.1) is 0 Å². The van der Waals surface area contributed by atoms with Crippen LogP contribution in [-0.4, -0.2) is 10.8 Å². The first-order valence-corrected chi connectivity index (χ1v) is 8.01. The van der Waals surface area contributed by atoms with Gasteiger partial charge < -0.3 is 8.97 Å². The first-order chi connectivity index (χ1) is 10.7. The highest BCUT2D eigenvalue weighted by atomic mass is 32.2. The molecule has 3 aromatic rings. The van der Waals surface area contributed by atoms with E-state index in [1.54, 1.807) is 0 Å². The lowest BCUT2D eigenvalue weighted by molar-refractivity contribution is 0.574. The molecule has 0 saturated heterocycles. The molecule has 0 fully saturated rings. The minimum Gasteiger partial charge on any atom is -0.586 e. The third-order valence-corrected chi connectivity index (χ3v) is 4.16. The first kappa shape index (κ1) is 14.6. The summed E-state index contributed by atoms with van der Waals surface area (Å²) in [6, 6.07) is 21.0. The fourth-order valence-electron chi connectivity index (χ4n) is 2.00. The predicted octanol–water partition coefficient (Wildman–Crippen LogP) is 4.40. The lowest BCUT2D eigenvalue weighted by atomic mass is 10.2. The zero-order valence-electron chi connectivity index (χ0n) is 12.1. The van der Waals surface area contributed by atoms with Crippen LogP contribution < -0.4 is 0 Å². The molecule has 0 aliphatic heterocycles. The quantitative estimate of drug-likeness (QED) is 0.530. The van der Waals surface area contributed by atoms with Crippen molar-refractivity contribution in [3.8, 4) is 11.3 Å². The molecule has 1 atom stereocenters. The second-order valence-electron chi connectivity index (χ2n) is 4.86. The van der Waals surface area contributed by atoms with Gasteiger partial charge in [-0.05, 0) is 31.2 Å². The number of rotatable bonds is 4. The van der Waals surface area contributed by atoms with Crippen LogP contribution in [0.2, 0.25) is 0 Å². The van der Waals surface area contributed by atoms with Gasteiger partial charge in [0.25, 0.3) is 0 Å². The highest BCUT2D eigenvalue weighted by Gasteiger charge is 2.09. The van der Waals surface area contributed by atoms with Crippen LogP contribution >= 0.6 is 0 Å². The Morgan fingerprint density at radius 3 is 2.41 bits per heavy atom. The summed E-state index contributed by atoms with van der Waals surface area (Å²) in [6.07, 6.45) is 1.50. The van der Waals surface area contributed by atoms with Gasteiger partial charge in [0.2, 0.25) is 0 Å². The molecular formula is C18H15NO2S. The summed E-state index contributed by atoms with van der Waals surface area (Å²) in [5.41, 5.74) is 2.13. The molecule has 0 radical (unpaired) electrons. The van der Waals surface area contributed by atoms with Crippen molar-refractivity contribution in [1.82, 2.24) is 0 Å². The van der Waals surface area contributed by atoms with Crippen molar-refractivity contribution in [2.24, 2.45) is 4.40 Å². The minimum atomic E-state index is -1.42. The van der Waals surface area contributed by atoms with Crippen molar-refractivity contribution in [3.63, 3.8) is 0 Å². The molecule has 0 aliphatic rings. The maximum atomic E-state index is 12.1. The number of hydrogen-bond donors (Lipinski definition) is 0. The topological polar surface area (TPSA) is 48.6 Å². The Kier molecular flexibility index (Phi) is 4.42. The predicted molar refractivity (Wildman–Crippen MR) is 89.3 cm³/mol. The molecule has 0 saturated carbocycles. The molecule has 3 nitrogen and oxygen atoms in total. The smallest absolute Gasteiger partial charge is 0.182 e. The zero-order chi connectivity index (χ0) is 15.4. The van der Waals surface area contributed by atoms with Crippen LogP contribution in [0.25, 0.3) is 11.3 Å². The highest BCUT2D eigenvalue weighted by Crippen LogP contribution is 2.21. The van der Waals surface area contributed by atoms with Crippen LogP contribution in [0.5, 0.6) is 0 Å². The highest BCUT2D eigenvalue weighted by molar-refractivity contribution is 7.90. The molecule has 110 valence electrons. The Morgan fingerprint density at radius 1 is 0.955 bits per heavy atom. The summed E-state index contributed by atoms with van der Waals surface area (Å²) >= 11 is -1.42. The molecule has 0 bridgehead atoms. The van der Waals surface area contributed by atoms with E-state index >= 15 is 0 Å². The van der Waals surface area contributed by atoms with Crippen LogP contribution in [0, 0.1) is 6.92 Å². The first-order valence-electron chi connectivity index (χ1n) is 6.90. The molecule has 0 aliphatic carbocycles. The van der Waals surface area contributed by atoms with Crippen molar-refractivity contribution in [2.75, 3.05) is 0 Å². The van der Waals surface area contributed by atoms with Gasteiger partial charge in [-0.3, -0.25) is 0 Å². The Morgan fingerprint density at radius 2 is 1.68 bits per heavy atom. The molecule has 0 N–H and O–H groups in total. The number of hydrogen-bond acceptors (Lipinski definition) is 3. The summed E-state index contributed by atoms with van der Waals surface area (Å²) < 4.78 is 21.8. The second kappa shape index (κ2) is 6.64. The summed E-state index contributed by atoms with van der Waals surface area (Å²) in [5, 5.41) is 0. The monoisotopic (exact) mass is 309 g/mol. The molecule has 0 spiro atoms. The van der Waals surface area contributed by atoms with E-state index in [1.165, 1.54) is 6.21 Å². The molecule has 1 unspecified atom stereocenters. The van der Waals surface area contributed by atoms with E-state index in [9.17, 15) is 4.55 Å². The van der Waals surface area contributed by atoms with Gasteiger partial charge in [-0.15, -0.1) is 0 Å². The molecule has 1 heterocycles. The SMILES string of the molecule is Cc1ccc([S+]([O-])/N=C/c2ccc(-c3ccccc3)o2)cc1. The number of furan rings is 1. The maximum Gasteiger partial charge on any atom is 0.182 e. The van der Waals surface area contributed by atoms with Crippen molar-refractivity contribution >= 4 is 17.6 Å². The van der Waals surface area contributed by atoms with Crippen LogP contribution in [-0.2, 0) is 11.4 Å². The van der Waals surface area contributed by atoms with E-state index in [2.05, 4.69) is 4.40 Å². The van der Waals surface area contributed by atoms with E-state index in [0.29, 0.717) is 10.7 Å². The van der Waals surface area contributed by atoms with E-state index < -0.39 is 11.4 Å². The largest absolute Gasteiger partial charge is 0.586 e.